The van der Waals surface area contributed by atoms with Crippen LogP contribution in [0.2, 0.25) is 0 Å². The quantitative estimate of drug-likeness (QED) is 0.318. The molecule has 36 heavy (non-hydrogen) atoms. The van der Waals surface area contributed by atoms with Crippen molar-refractivity contribution in [3.63, 3.8) is 0 Å². The van der Waals surface area contributed by atoms with Gasteiger partial charge in [0.05, 0.1) is 30.8 Å². The third-order valence-corrected chi connectivity index (χ3v) is 6.34. The van der Waals surface area contributed by atoms with Gasteiger partial charge in [-0.2, -0.15) is 0 Å². The fraction of sp³-hybridized carbons (Fsp3) is 0.267. The molecule has 186 valence electrons. The van der Waals surface area contributed by atoms with Crippen molar-refractivity contribution >= 4 is 5.91 Å². The first-order chi connectivity index (χ1) is 17.3. The molecule has 1 heterocycles. The number of amides is 1. The minimum Gasteiger partial charge on any atom is -0.497 e. The van der Waals surface area contributed by atoms with Gasteiger partial charge in [0, 0.05) is 0 Å². The molecule has 0 radical (unpaired) electrons. The van der Waals surface area contributed by atoms with Gasteiger partial charge < -0.3 is 19.3 Å². The van der Waals surface area contributed by atoms with Gasteiger partial charge in [-0.25, -0.2) is 0 Å². The molecule has 3 aromatic carbocycles. The fourth-order valence-corrected chi connectivity index (χ4v) is 4.25. The van der Waals surface area contributed by atoms with Crippen LogP contribution in [0.25, 0.3) is 0 Å². The Labute approximate surface area is 212 Å². The van der Waals surface area contributed by atoms with Crippen molar-refractivity contribution in [3.05, 3.63) is 112 Å². The summed E-state index contributed by atoms with van der Waals surface area (Å²) < 4.78 is 16.4. The number of carbonyl (C=O) groups excluding carboxylic acids is 1. The summed E-state index contributed by atoms with van der Waals surface area (Å²) in [6, 6.07) is 21.5. The van der Waals surface area contributed by atoms with Crippen molar-refractivity contribution in [2.45, 2.75) is 46.8 Å². The highest BCUT2D eigenvalue weighted by Crippen LogP contribution is 2.27. The molecule has 1 N–H and O–H groups in total. The van der Waals surface area contributed by atoms with E-state index in [-0.39, 0.29) is 18.4 Å². The van der Waals surface area contributed by atoms with Gasteiger partial charge in [0.2, 0.25) is 5.91 Å². The highest BCUT2D eigenvalue weighted by molar-refractivity contribution is 5.79. The number of nitrogens with zero attached hydrogens (tertiary/aromatic N) is 1. The summed E-state index contributed by atoms with van der Waals surface area (Å²) in [6.45, 7) is 8.30. The van der Waals surface area contributed by atoms with E-state index in [4.69, 9.17) is 14.0 Å². The van der Waals surface area contributed by atoms with E-state index in [1.165, 1.54) is 5.56 Å². The first-order valence-corrected chi connectivity index (χ1v) is 12.0. The maximum absolute atomic E-state index is 13.1. The highest BCUT2D eigenvalue weighted by atomic mass is 16.5. The van der Waals surface area contributed by atoms with E-state index in [1.54, 1.807) is 7.11 Å². The molecule has 0 saturated carbocycles. The van der Waals surface area contributed by atoms with Crippen LogP contribution in [0.15, 0.2) is 71.3 Å². The van der Waals surface area contributed by atoms with Gasteiger partial charge in [-0.3, -0.25) is 4.79 Å². The molecule has 1 atom stereocenters. The topological polar surface area (TPSA) is 73.6 Å². The van der Waals surface area contributed by atoms with Gasteiger partial charge in [0.1, 0.15) is 23.9 Å². The van der Waals surface area contributed by atoms with E-state index in [0.717, 1.165) is 50.8 Å². The Bertz CT molecular complexity index is 1300. The van der Waals surface area contributed by atoms with E-state index < -0.39 is 0 Å². The van der Waals surface area contributed by atoms with Crippen LogP contribution >= 0.6 is 0 Å². The molecular weight excluding hydrogens is 452 g/mol. The predicted molar refractivity (Wildman–Crippen MR) is 139 cm³/mol. The molecule has 0 fully saturated rings. The van der Waals surface area contributed by atoms with E-state index >= 15 is 0 Å². The average Bonchev–Trinajstić information content (AvgIpc) is 3.19. The summed E-state index contributed by atoms with van der Waals surface area (Å²) in [5, 5.41) is 7.19. The molecule has 6 heteroatoms. The number of hydrogen-bond acceptors (Lipinski definition) is 5. The van der Waals surface area contributed by atoms with Crippen LogP contribution in [0, 0.1) is 27.7 Å². The molecule has 0 aliphatic rings. The molecule has 4 aromatic rings. The first-order valence-electron chi connectivity index (χ1n) is 12.0. The molecule has 0 aliphatic heterocycles. The number of aryl methyl sites for hydroxylation is 4. The maximum Gasteiger partial charge on any atom is 0.225 e. The Balaban J connectivity index is 1.45. The molecule has 6 nitrogen and oxygen atoms in total. The van der Waals surface area contributed by atoms with Gasteiger partial charge >= 0.3 is 0 Å². The number of hydrogen-bond donors (Lipinski definition) is 1. The van der Waals surface area contributed by atoms with E-state index in [0.29, 0.717) is 6.61 Å². The van der Waals surface area contributed by atoms with Crippen molar-refractivity contribution in [2.24, 2.45) is 0 Å². The average molecular weight is 485 g/mol. The van der Waals surface area contributed by atoms with Crippen LogP contribution in [0.1, 0.15) is 50.9 Å². The molecule has 1 amide bonds. The molecule has 0 aliphatic carbocycles. The molecule has 1 unspecified atom stereocenters. The summed E-state index contributed by atoms with van der Waals surface area (Å²) in [6.07, 6.45) is 0.266. The standard InChI is InChI=1S/C30H32N2O4/c1-19-6-15-27(20(2)16-19)30(24-9-13-25(34-5)14-10-24)31-29(33)17-23-7-11-26(12-8-23)35-18-28-21(3)32-36-22(28)4/h6-16,30H,17-18H2,1-5H3,(H,31,33). The number of nitrogens with one attached hydrogen (secondary N) is 1. The third kappa shape index (κ3) is 5.95. The number of ether oxygens (including phenoxy) is 2. The molecule has 1 aromatic heterocycles. The molecular formula is C30H32N2O4. The summed E-state index contributed by atoms with van der Waals surface area (Å²) in [5.74, 6) is 2.21. The number of carbonyl (C=O) groups is 1. The number of rotatable bonds is 9. The molecule has 0 spiro atoms. The lowest BCUT2D eigenvalue weighted by Crippen LogP contribution is -2.31. The minimum absolute atomic E-state index is 0.0554. The molecule has 0 bridgehead atoms. The highest BCUT2D eigenvalue weighted by Gasteiger charge is 2.19. The summed E-state index contributed by atoms with van der Waals surface area (Å²) in [5.41, 5.74) is 7.08. The second kappa shape index (κ2) is 11.1. The van der Waals surface area contributed by atoms with Gasteiger partial charge in [-0.05, 0) is 74.2 Å². The van der Waals surface area contributed by atoms with Crippen molar-refractivity contribution < 1.29 is 18.8 Å². The fourth-order valence-electron chi connectivity index (χ4n) is 4.25. The largest absolute Gasteiger partial charge is 0.497 e. The van der Waals surface area contributed by atoms with Crippen molar-refractivity contribution in [1.29, 1.82) is 0 Å². The van der Waals surface area contributed by atoms with Crippen molar-refractivity contribution in [2.75, 3.05) is 7.11 Å². The van der Waals surface area contributed by atoms with E-state index in [1.807, 2.05) is 62.4 Å². The normalized spacial score (nSPS) is 11.7. The zero-order valence-corrected chi connectivity index (χ0v) is 21.4. The van der Waals surface area contributed by atoms with Gasteiger partial charge in [0.25, 0.3) is 0 Å². The maximum atomic E-state index is 13.1. The van der Waals surface area contributed by atoms with Crippen molar-refractivity contribution in [3.8, 4) is 11.5 Å². The Morgan fingerprint density at radius 2 is 1.64 bits per heavy atom. The lowest BCUT2D eigenvalue weighted by molar-refractivity contribution is -0.120. The van der Waals surface area contributed by atoms with Gasteiger partial charge in [-0.1, -0.05) is 53.2 Å². The number of aromatic nitrogens is 1. The summed E-state index contributed by atoms with van der Waals surface area (Å²) in [4.78, 5) is 13.1. The zero-order chi connectivity index (χ0) is 25.7. The van der Waals surface area contributed by atoms with Crippen LogP contribution < -0.4 is 14.8 Å². The third-order valence-electron chi connectivity index (χ3n) is 6.34. The van der Waals surface area contributed by atoms with Crippen LogP contribution in [0.5, 0.6) is 11.5 Å². The summed E-state index contributed by atoms with van der Waals surface area (Å²) >= 11 is 0. The minimum atomic E-state index is -0.262. The van der Waals surface area contributed by atoms with Crippen LogP contribution in [0.3, 0.4) is 0 Å². The lowest BCUT2D eigenvalue weighted by Gasteiger charge is -2.22. The Morgan fingerprint density at radius 1 is 0.944 bits per heavy atom. The summed E-state index contributed by atoms with van der Waals surface area (Å²) in [7, 11) is 1.64. The molecule has 0 saturated heterocycles. The van der Waals surface area contributed by atoms with E-state index in [9.17, 15) is 4.79 Å². The smallest absolute Gasteiger partial charge is 0.225 e. The number of benzene rings is 3. The monoisotopic (exact) mass is 484 g/mol. The van der Waals surface area contributed by atoms with E-state index in [2.05, 4.69) is 42.5 Å². The zero-order valence-electron chi connectivity index (χ0n) is 21.4. The van der Waals surface area contributed by atoms with Gasteiger partial charge in [-0.15, -0.1) is 0 Å². The SMILES string of the molecule is COc1ccc(C(NC(=O)Cc2ccc(OCc3c(C)noc3C)cc2)c2ccc(C)cc2C)cc1. The van der Waals surface area contributed by atoms with Gasteiger partial charge in [0.15, 0.2) is 0 Å². The van der Waals surface area contributed by atoms with Crippen LogP contribution in [-0.2, 0) is 17.8 Å². The Kier molecular flexibility index (Phi) is 7.74. The second-order valence-corrected chi connectivity index (χ2v) is 9.05. The number of methoxy groups -OCH3 is 1. The Hall–Kier alpha value is -4.06. The van der Waals surface area contributed by atoms with Crippen molar-refractivity contribution in [1.82, 2.24) is 10.5 Å². The Morgan fingerprint density at radius 3 is 2.25 bits per heavy atom. The predicted octanol–water partition coefficient (Wildman–Crippen LogP) is 5.94. The van der Waals surface area contributed by atoms with Crippen LogP contribution in [0.4, 0.5) is 0 Å². The van der Waals surface area contributed by atoms with Crippen LogP contribution in [-0.4, -0.2) is 18.2 Å². The lowest BCUT2D eigenvalue weighted by atomic mass is 9.93. The first kappa shape index (κ1) is 25.0. The second-order valence-electron chi connectivity index (χ2n) is 9.05. The molecule has 4 rings (SSSR count).